The molecule has 10 heteroatoms. The van der Waals surface area contributed by atoms with Crippen LogP contribution >= 0.6 is 11.3 Å². The molecular weight excluding hydrogens is 476 g/mol. The van der Waals surface area contributed by atoms with Crippen LogP contribution in [0.4, 0.5) is 11.8 Å². The number of fused-ring (bicyclic) bond motifs is 1. The summed E-state index contributed by atoms with van der Waals surface area (Å²) in [6, 6.07) is 1.51. The van der Waals surface area contributed by atoms with Crippen LogP contribution in [0, 0.1) is 25.7 Å². The van der Waals surface area contributed by atoms with Crippen molar-refractivity contribution in [2.45, 2.75) is 82.6 Å². The molecule has 0 aliphatic heterocycles. The number of thiazole rings is 1. The molecule has 0 saturated heterocycles. The molecule has 1 unspecified atom stereocenters. The van der Waals surface area contributed by atoms with Crippen molar-refractivity contribution in [3.63, 3.8) is 0 Å². The van der Waals surface area contributed by atoms with Gasteiger partial charge in [-0.1, -0.05) is 12.8 Å². The fourth-order valence-corrected chi connectivity index (χ4v) is 7.01. The van der Waals surface area contributed by atoms with E-state index in [2.05, 4.69) is 15.6 Å². The average Bonchev–Trinajstić information content (AvgIpc) is 3.29. The minimum Gasteiger partial charge on any atom is -0.390 e. The summed E-state index contributed by atoms with van der Waals surface area (Å²) in [5.41, 5.74) is 2.38. The molecule has 0 radical (unpaired) electrons. The first-order valence-electron chi connectivity index (χ1n) is 13.0. The third-order valence-electron chi connectivity index (χ3n) is 8.20. The van der Waals surface area contributed by atoms with Crippen molar-refractivity contribution in [3.05, 3.63) is 23.7 Å². The van der Waals surface area contributed by atoms with E-state index < -0.39 is 23.9 Å². The van der Waals surface area contributed by atoms with Crippen molar-refractivity contribution < 1.29 is 15.3 Å². The van der Waals surface area contributed by atoms with E-state index in [9.17, 15) is 15.3 Å². The summed E-state index contributed by atoms with van der Waals surface area (Å²) in [5.74, 6) is 1.43. The number of hydrogen-bond acceptors (Lipinski definition) is 10. The highest BCUT2D eigenvalue weighted by atomic mass is 32.1. The van der Waals surface area contributed by atoms with Gasteiger partial charge >= 0.3 is 0 Å². The zero-order valence-electron chi connectivity index (χ0n) is 20.7. The number of rotatable bonds is 7. The van der Waals surface area contributed by atoms with Gasteiger partial charge in [0.2, 0.25) is 5.95 Å². The van der Waals surface area contributed by atoms with Crippen LogP contribution in [0.1, 0.15) is 56.3 Å². The Labute approximate surface area is 214 Å². The summed E-state index contributed by atoms with van der Waals surface area (Å²) in [5, 5.41) is 40.7. The van der Waals surface area contributed by atoms with E-state index >= 15 is 0 Å². The summed E-state index contributed by atoms with van der Waals surface area (Å²) in [4.78, 5) is 18.8. The molecule has 0 bridgehead atoms. The Morgan fingerprint density at radius 1 is 1.06 bits per heavy atom. The van der Waals surface area contributed by atoms with Crippen molar-refractivity contribution in [2.24, 2.45) is 11.8 Å². The first-order chi connectivity index (χ1) is 17.3. The van der Waals surface area contributed by atoms with Crippen molar-refractivity contribution in [3.8, 4) is 10.6 Å². The van der Waals surface area contributed by atoms with E-state index in [-0.39, 0.29) is 5.92 Å². The molecule has 6 rings (SSSR count). The van der Waals surface area contributed by atoms with Crippen LogP contribution in [-0.4, -0.2) is 65.7 Å². The molecule has 9 nitrogen and oxygen atoms in total. The van der Waals surface area contributed by atoms with Crippen LogP contribution in [0.2, 0.25) is 0 Å². The second kappa shape index (κ2) is 9.16. The van der Waals surface area contributed by atoms with Crippen LogP contribution in [0.5, 0.6) is 0 Å². The molecule has 3 aliphatic rings. The van der Waals surface area contributed by atoms with Gasteiger partial charge in [0.15, 0.2) is 0 Å². The normalized spacial score (nSPS) is 27.6. The van der Waals surface area contributed by atoms with Crippen molar-refractivity contribution in [2.75, 3.05) is 17.2 Å². The van der Waals surface area contributed by atoms with Gasteiger partial charge in [-0.25, -0.2) is 9.97 Å². The van der Waals surface area contributed by atoms with Crippen LogP contribution in [0.15, 0.2) is 12.3 Å². The van der Waals surface area contributed by atoms with E-state index in [4.69, 9.17) is 15.0 Å². The Morgan fingerprint density at radius 2 is 1.83 bits per heavy atom. The van der Waals surface area contributed by atoms with E-state index in [1.807, 2.05) is 19.9 Å². The lowest BCUT2D eigenvalue weighted by atomic mass is 9.83. The number of anilines is 2. The first-order valence-corrected chi connectivity index (χ1v) is 13.8. The lowest BCUT2D eigenvalue weighted by molar-refractivity contribution is -0.0763. The molecular formula is C26H34N6O3S. The zero-order chi connectivity index (χ0) is 25.0. The molecule has 0 aromatic carbocycles. The topological polar surface area (TPSA) is 136 Å². The number of pyridine rings is 1. The Bertz CT molecular complexity index is 1270. The fraction of sp³-hybridized carbons (Fsp3) is 0.615. The first kappa shape index (κ1) is 24.0. The fourth-order valence-electron chi connectivity index (χ4n) is 5.90. The van der Waals surface area contributed by atoms with Crippen molar-refractivity contribution in [1.82, 2.24) is 19.9 Å². The molecule has 36 heavy (non-hydrogen) atoms. The standard InChI is InChI=1S/C26H34N6O3S/c1-13-19(24-31-20-14(2)27-10-7-18(20)36-24)23(32-25(29-13)28-12-15-5-6-15)30-17-11-16(21(33)22(17)34)26(35)8-3-4-9-26/h7,10,15-17,21-22,33-35H,3-6,8-9,11-12H2,1-2H3,(H2,28,29,30,32)/t16-,17?,21+,22-/m0/s1. The Kier molecular flexibility index (Phi) is 6.10. The molecule has 0 spiro atoms. The SMILES string of the molecule is Cc1nc(NCC2CC2)nc(NC2C[C@H](C3(O)CCCC3)[C@@H](O)[C@H]2O)c1-c1nc2c(C)nccc2s1. The molecule has 0 amide bonds. The van der Waals surface area contributed by atoms with E-state index in [0.717, 1.165) is 51.6 Å². The molecule has 3 aromatic rings. The Hall–Kier alpha value is -2.40. The number of nitrogens with one attached hydrogen (secondary N) is 2. The monoisotopic (exact) mass is 510 g/mol. The highest BCUT2D eigenvalue weighted by Gasteiger charge is 2.52. The maximum Gasteiger partial charge on any atom is 0.224 e. The molecule has 3 aromatic heterocycles. The molecule has 3 aliphatic carbocycles. The summed E-state index contributed by atoms with van der Waals surface area (Å²) in [6.45, 7) is 4.74. The molecule has 4 atom stereocenters. The molecule has 192 valence electrons. The lowest BCUT2D eigenvalue weighted by Gasteiger charge is -2.32. The van der Waals surface area contributed by atoms with Gasteiger partial charge in [0.25, 0.3) is 0 Å². The molecule has 5 N–H and O–H groups in total. The van der Waals surface area contributed by atoms with Crippen molar-refractivity contribution >= 4 is 33.3 Å². The van der Waals surface area contributed by atoms with Gasteiger partial charge in [0.1, 0.15) is 22.4 Å². The van der Waals surface area contributed by atoms with Gasteiger partial charge < -0.3 is 26.0 Å². The van der Waals surface area contributed by atoms with Crippen LogP contribution in [0.3, 0.4) is 0 Å². The predicted octanol–water partition coefficient (Wildman–Crippen LogP) is 3.41. The number of aromatic nitrogens is 4. The number of nitrogens with zero attached hydrogens (tertiary/aromatic N) is 4. The summed E-state index contributed by atoms with van der Waals surface area (Å²) < 4.78 is 1.04. The molecule has 3 heterocycles. The Balaban J connectivity index is 1.36. The van der Waals surface area contributed by atoms with E-state index in [1.165, 1.54) is 12.8 Å². The number of aryl methyl sites for hydroxylation is 2. The minimum atomic E-state index is -1.01. The third kappa shape index (κ3) is 4.34. The smallest absolute Gasteiger partial charge is 0.224 e. The van der Waals surface area contributed by atoms with E-state index in [1.54, 1.807) is 17.5 Å². The van der Waals surface area contributed by atoms with Crippen molar-refractivity contribution in [1.29, 1.82) is 0 Å². The Morgan fingerprint density at radius 3 is 2.56 bits per heavy atom. The van der Waals surface area contributed by atoms with Gasteiger partial charge in [0, 0.05) is 18.7 Å². The maximum atomic E-state index is 11.2. The summed E-state index contributed by atoms with van der Waals surface area (Å²) in [6.07, 6.45) is 5.95. The largest absolute Gasteiger partial charge is 0.390 e. The maximum absolute atomic E-state index is 11.2. The number of hydrogen-bond donors (Lipinski definition) is 5. The van der Waals surface area contributed by atoms with E-state index in [0.29, 0.717) is 36.9 Å². The van der Waals surface area contributed by atoms with Crippen LogP contribution < -0.4 is 10.6 Å². The number of aliphatic hydroxyl groups excluding tert-OH is 2. The highest BCUT2D eigenvalue weighted by Crippen LogP contribution is 2.45. The van der Waals surface area contributed by atoms with Gasteiger partial charge in [-0.2, -0.15) is 4.98 Å². The second-order valence-electron chi connectivity index (χ2n) is 10.8. The number of aliphatic hydroxyl groups is 3. The van der Waals surface area contributed by atoms with Gasteiger partial charge in [0.05, 0.1) is 39.4 Å². The highest BCUT2D eigenvalue weighted by molar-refractivity contribution is 7.21. The third-order valence-corrected chi connectivity index (χ3v) is 9.24. The summed E-state index contributed by atoms with van der Waals surface area (Å²) >= 11 is 1.56. The van der Waals surface area contributed by atoms with Gasteiger partial charge in [-0.05, 0) is 57.9 Å². The summed E-state index contributed by atoms with van der Waals surface area (Å²) in [7, 11) is 0. The second-order valence-corrected chi connectivity index (χ2v) is 11.9. The van der Waals surface area contributed by atoms with Gasteiger partial charge in [-0.3, -0.25) is 4.98 Å². The molecule has 3 saturated carbocycles. The van der Waals surface area contributed by atoms with Crippen LogP contribution in [-0.2, 0) is 0 Å². The minimum absolute atomic E-state index is 0.373. The lowest BCUT2D eigenvalue weighted by Crippen LogP contribution is -2.42. The van der Waals surface area contributed by atoms with Crippen LogP contribution in [0.25, 0.3) is 20.8 Å². The molecule has 3 fully saturated rings. The quantitative estimate of drug-likeness (QED) is 0.324. The van der Waals surface area contributed by atoms with Gasteiger partial charge in [-0.15, -0.1) is 11.3 Å². The zero-order valence-corrected chi connectivity index (χ0v) is 21.6. The average molecular weight is 511 g/mol. The predicted molar refractivity (Wildman–Crippen MR) is 140 cm³/mol.